The third kappa shape index (κ3) is 2.93. The van der Waals surface area contributed by atoms with Crippen LogP contribution in [0.4, 0.5) is 0 Å². The lowest BCUT2D eigenvalue weighted by atomic mass is 10.1. The van der Waals surface area contributed by atoms with Crippen LogP contribution in [0.25, 0.3) is 21.7 Å². The van der Waals surface area contributed by atoms with Crippen LogP contribution in [0.15, 0.2) is 40.8 Å². The van der Waals surface area contributed by atoms with Crippen LogP contribution in [0.3, 0.4) is 0 Å². The molecule has 0 aliphatic heterocycles. The molecule has 1 atom stereocenters. The fourth-order valence-corrected chi connectivity index (χ4v) is 2.71. The quantitative estimate of drug-likeness (QED) is 0.759. The van der Waals surface area contributed by atoms with Gasteiger partial charge in [-0.15, -0.1) is 0 Å². The van der Waals surface area contributed by atoms with E-state index in [1.165, 1.54) is 7.11 Å². The average Bonchev–Trinajstić information content (AvgIpc) is 2.90. The van der Waals surface area contributed by atoms with Gasteiger partial charge in [-0.2, -0.15) is 0 Å². The Kier molecular flexibility index (Phi) is 4.32. The molecule has 0 radical (unpaired) electrons. The number of hydrogen-bond acceptors (Lipinski definition) is 4. The molecule has 0 saturated carbocycles. The van der Waals surface area contributed by atoms with Gasteiger partial charge >= 0.3 is 0 Å². The van der Waals surface area contributed by atoms with Crippen LogP contribution in [-0.2, 0) is 4.74 Å². The standard InChI is InChI=1S/C18H19NO4/c1-11-14-8-7-12-5-3-4-6-15(12)17(14)23-16(11)18(21)19-9-13(20)10-22-2/h3-8,13,20H,9-10H2,1-2H3,(H,19,21). The first-order valence-electron chi connectivity index (χ1n) is 7.48. The van der Waals surface area contributed by atoms with Crippen molar-refractivity contribution in [2.45, 2.75) is 13.0 Å². The molecular weight excluding hydrogens is 294 g/mol. The summed E-state index contributed by atoms with van der Waals surface area (Å²) in [5, 5.41) is 15.3. The second-order valence-electron chi connectivity index (χ2n) is 5.54. The van der Waals surface area contributed by atoms with E-state index >= 15 is 0 Å². The molecule has 5 heteroatoms. The van der Waals surface area contributed by atoms with E-state index in [0.717, 1.165) is 21.7 Å². The number of carbonyl (C=O) groups excluding carboxylic acids is 1. The monoisotopic (exact) mass is 313 g/mol. The Morgan fingerprint density at radius 2 is 2.04 bits per heavy atom. The molecule has 1 heterocycles. The summed E-state index contributed by atoms with van der Waals surface area (Å²) in [4.78, 5) is 12.3. The van der Waals surface area contributed by atoms with Crippen molar-refractivity contribution in [2.24, 2.45) is 0 Å². The normalized spacial score (nSPS) is 12.7. The Labute approximate surface area is 133 Å². The summed E-state index contributed by atoms with van der Waals surface area (Å²) in [5.74, 6) is -0.0566. The molecule has 0 aliphatic rings. The highest BCUT2D eigenvalue weighted by molar-refractivity contribution is 6.08. The van der Waals surface area contributed by atoms with Crippen LogP contribution < -0.4 is 5.32 Å². The maximum Gasteiger partial charge on any atom is 0.287 e. The number of nitrogens with one attached hydrogen (secondary N) is 1. The van der Waals surface area contributed by atoms with Crippen molar-refractivity contribution < 1.29 is 19.1 Å². The predicted octanol–water partition coefficient (Wildman–Crippen LogP) is 2.63. The molecule has 1 amide bonds. The van der Waals surface area contributed by atoms with Gasteiger partial charge in [0.2, 0.25) is 0 Å². The number of fused-ring (bicyclic) bond motifs is 3. The summed E-state index contributed by atoms with van der Waals surface area (Å²) >= 11 is 0. The zero-order valence-corrected chi connectivity index (χ0v) is 13.1. The average molecular weight is 313 g/mol. The second-order valence-corrected chi connectivity index (χ2v) is 5.54. The lowest BCUT2D eigenvalue weighted by molar-refractivity contribution is 0.0603. The summed E-state index contributed by atoms with van der Waals surface area (Å²) in [6, 6.07) is 11.9. The molecule has 3 aromatic rings. The van der Waals surface area contributed by atoms with Gasteiger partial charge in [0.1, 0.15) is 5.58 Å². The van der Waals surface area contributed by atoms with Crippen LogP contribution in [0.1, 0.15) is 16.1 Å². The molecule has 0 spiro atoms. The van der Waals surface area contributed by atoms with Gasteiger partial charge in [-0.1, -0.05) is 36.4 Å². The summed E-state index contributed by atoms with van der Waals surface area (Å²) in [7, 11) is 1.50. The minimum atomic E-state index is -0.741. The number of carbonyl (C=O) groups is 1. The van der Waals surface area contributed by atoms with Gasteiger partial charge < -0.3 is 19.6 Å². The summed E-state index contributed by atoms with van der Waals surface area (Å²) in [5.41, 5.74) is 1.51. The van der Waals surface area contributed by atoms with Gasteiger partial charge in [0.05, 0.1) is 12.7 Å². The first-order valence-corrected chi connectivity index (χ1v) is 7.48. The van der Waals surface area contributed by atoms with Crippen molar-refractivity contribution >= 4 is 27.6 Å². The lowest BCUT2D eigenvalue weighted by Crippen LogP contribution is -2.34. The van der Waals surface area contributed by atoms with E-state index in [4.69, 9.17) is 9.15 Å². The zero-order chi connectivity index (χ0) is 16.4. The molecule has 0 bridgehead atoms. The van der Waals surface area contributed by atoms with Gasteiger partial charge in [-0.05, 0) is 12.3 Å². The summed E-state index contributed by atoms with van der Waals surface area (Å²) in [6.07, 6.45) is -0.741. The van der Waals surface area contributed by atoms with Gasteiger partial charge in [0.15, 0.2) is 5.76 Å². The summed E-state index contributed by atoms with van der Waals surface area (Å²) < 4.78 is 10.7. The molecule has 5 nitrogen and oxygen atoms in total. The molecular formula is C18H19NO4. The fraction of sp³-hybridized carbons (Fsp3) is 0.278. The smallest absolute Gasteiger partial charge is 0.287 e. The predicted molar refractivity (Wildman–Crippen MR) is 88.7 cm³/mol. The van der Waals surface area contributed by atoms with Crippen LogP contribution in [0.5, 0.6) is 0 Å². The minimum Gasteiger partial charge on any atom is -0.450 e. The van der Waals surface area contributed by atoms with Crippen LogP contribution in [0, 0.1) is 6.92 Å². The van der Waals surface area contributed by atoms with E-state index < -0.39 is 6.10 Å². The topological polar surface area (TPSA) is 71.7 Å². The number of furan rings is 1. The van der Waals surface area contributed by atoms with E-state index in [-0.39, 0.29) is 24.8 Å². The highest BCUT2D eigenvalue weighted by Gasteiger charge is 2.19. The number of aliphatic hydroxyl groups excluding tert-OH is 1. The van der Waals surface area contributed by atoms with Crippen molar-refractivity contribution in [1.29, 1.82) is 0 Å². The number of benzene rings is 2. The van der Waals surface area contributed by atoms with E-state index in [2.05, 4.69) is 5.32 Å². The van der Waals surface area contributed by atoms with Crippen molar-refractivity contribution in [2.75, 3.05) is 20.3 Å². The highest BCUT2D eigenvalue weighted by Crippen LogP contribution is 2.31. The second kappa shape index (κ2) is 6.40. The van der Waals surface area contributed by atoms with Gasteiger partial charge in [0, 0.05) is 30.0 Å². The highest BCUT2D eigenvalue weighted by atomic mass is 16.5. The molecule has 0 fully saturated rings. The van der Waals surface area contributed by atoms with Crippen molar-refractivity contribution in [1.82, 2.24) is 5.32 Å². The van der Waals surface area contributed by atoms with E-state index in [1.807, 2.05) is 43.3 Å². The number of hydrogen-bond donors (Lipinski definition) is 2. The number of aliphatic hydroxyl groups is 1. The first kappa shape index (κ1) is 15.5. The van der Waals surface area contributed by atoms with E-state index in [0.29, 0.717) is 5.58 Å². The molecule has 0 aliphatic carbocycles. The van der Waals surface area contributed by atoms with Crippen molar-refractivity contribution in [3.05, 3.63) is 47.7 Å². The van der Waals surface area contributed by atoms with E-state index in [1.54, 1.807) is 0 Å². The number of rotatable bonds is 5. The fourth-order valence-electron chi connectivity index (χ4n) is 2.71. The van der Waals surface area contributed by atoms with Crippen LogP contribution >= 0.6 is 0 Å². The number of ether oxygens (including phenoxy) is 1. The largest absolute Gasteiger partial charge is 0.450 e. The third-order valence-electron chi connectivity index (χ3n) is 3.89. The molecule has 23 heavy (non-hydrogen) atoms. The molecule has 0 saturated heterocycles. The van der Waals surface area contributed by atoms with E-state index in [9.17, 15) is 9.90 Å². The Hall–Kier alpha value is -2.37. The van der Waals surface area contributed by atoms with Crippen molar-refractivity contribution in [3.8, 4) is 0 Å². The Balaban J connectivity index is 1.94. The molecule has 2 aromatic carbocycles. The Morgan fingerprint density at radius 1 is 1.26 bits per heavy atom. The number of amides is 1. The van der Waals surface area contributed by atoms with Crippen molar-refractivity contribution in [3.63, 3.8) is 0 Å². The van der Waals surface area contributed by atoms with Crippen LogP contribution in [-0.4, -0.2) is 37.4 Å². The van der Waals surface area contributed by atoms with Crippen LogP contribution in [0.2, 0.25) is 0 Å². The molecule has 2 N–H and O–H groups in total. The minimum absolute atomic E-state index is 0.115. The first-order chi connectivity index (χ1) is 11.1. The lowest BCUT2D eigenvalue weighted by Gasteiger charge is -2.09. The Bertz CT molecular complexity index is 853. The van der Waals surface area contributed by atoms with Gasteiger partial charge in [-0.3, -0.25) is 4.79 Å². The Morgan fingerprint density at radius 3 is 2.83 bits per heavy atom. The zero-order valence-electron chi connectivity index (χ0n) is 13.1. The molecule has 3 rings (SSSR count). The summed E-state index contributed by atoms with van der Waals surface area (Å²) in [6.45, 7) is 2.15. The number of methoxy groups -OCH3 is 1. The molecule has 120 valence electrons. The molecule has 1 unspecified atom stereocenters. The SMILES string of the molecule is COCC(O)CNC(=O)c1oc2c(ccc3ccccc32)c1C. The maximum atomic E-state index is 12.3. The number of aryl methyl sites for hydroxylation is 1. The van der Waals surface area contributed by atoms with Gasteiger partial charge in [0.25, 0.3) is 5.91 Å². The molecule has 1 aromatic heterocycles. The maximum absolute atomic E-state index is 12.3. The third-order valence-corrected chi connectivity index (χ3v) is 3.89. The van der Waals surface area contributed by atoms with Gasteiger partial charge in [-0.25, -0.2) is 0 Å².